The van der Waals surface area contributed by atoms with Gasteiger partial charge >= 0.3 is 0 Å². The number of ether oxygens (including phenoxy) is 1. The van der Waals surface area contributed by atoms with Crippen LogP contribution in [-0.4, -0.2) is 32.8 Å². The molecule has 2 fully saturated rings. The zero-order valence-electron chi connectivity index (χ0n) is 13.3. The van der Waals surface area contributed by atoms with Gasteiger partial charge in [-0.25, -0.2) is 9.50 Å². The summed E-state index contributed by atoms with van der Waals surface area (Å²) in [6.07, 6.45) is 9.90. The highest BCUT2D eigenvalue weighted by Gasteiger charge is 2.31. The van der Waals surface area contributed by atoms with Gasteiger partial charge in [0.15, 0.2) is 0 Å². The molecule has 1 unspecified atom stereocenters. The van der Waals surface area contributed by atoms with Crippen molar-refractivity contribution < 1.29 is 4.74 Å². The minimum Gasteiger partial charge on any atom is -0.371 e. The Balaban J connectivity index is 1.39. The Hall–Kier alpha value is -1.14. The molecule has 0 aromatic carbocycles. The van der Waals surface area contributed by atoms with Gasteiger partial charge in [-0.1, -0.05) is 24.2 Å². The van der Waals surface area contributed by atoms with E-state index in [1.807, 2.05) is 4.52 Å². The van der Waals surface area contributed by atoms with Crippen LogP contribution in [0.4, 0.5) is 5.13 Å². The third-order valence-corrected chi connectivity index (χ3v) is 5.75. The van der Waals surface area contributed by atoms with E-state index < -0.39 is 0 Å². The molecule has 22 heavy (non-hydrogen) atoms. The Morgan fingerprint density at radius 3 is 2.86 bits per heavy atom. The van der Waals surface area contributed by atoms with Crippen molar-refractivity contribution in [2.75, 3.05) is 11.9 Å². The Labute approximate surface area is 135 Å². The number of nitrogens with zero attached hydrogens (tertiary/aromatic N) is 3. The van der Waals surface area contributed by atoms with Crippen LogP contribution >= 0.6 is 11.3 Å². The Kier molecular flexibility index (Phi) is 3.61. The molecule has 0 spiro atoms. The summed E-state index contributed by atoms with van der Waals surface area (Å²) in [7, 11) is 0. The van der Waals surface area contributed by atoms with Gasteiger partial charge in [0.05, 0.1) is 23.6 Å². The average molecular weight is 320 g/mol. The summed E-state index contributed by atoms with van der Waals surface area (Å²) >= 11 is 1.63. The van der Waals surface area contributed by atoms with Gasteiger partial charge in [0.25, 0.3) is 0 Å². The Bertz CT molecular complexity index is 625. The first-order chi connectivity index (χ1) is 10.6. The highest BCUT2D eigenvalue weighted by Crippen LogP contribution is 2.34. The number of fused-ring (bicyclic) bond motifs is 1. The van der Waals surface area contributed by atoms with Gasteiger partial charge in [0.2, 0.25) is 10.1 Å². The van der Waals surface area contributed by atoms with Gasteiger partial charge in [-0.2, -0.15) is 0 Å². The lowest BCUT2D eigenvalue weighted by molar-refractivity contribution is -0.00911. The molecule has 1 aliphatic carbocycles. The van der Waals surface area contributed by atoms with Crippen molar-refractivity contribution in [3.63, 3.8) is 0 Å². The number of rotatable bonds is 4. The number of hydrogen-bond donors (Lipinski definition) is 1. The van der Waals surface area contributed by atoms with Gasteiger partial charge in [-0.05, 0) is 39.5 Å². The second-order valence-electron chi connectivity index (χ2n) is 7.20. The molecule has 0 amide bonds. The molecule has 0 bridgehead atoms. The lowest BCUT2D eigenvalue weighted by Crippen LogP contribution is -2.24. The maximum absolute atomic E-state index is 6.00. The maximum atomic E-state index is 6.00. The Morgan fingerprint density at radius 1 is 1.36 bits per heavy atom. The van der Waals surface area contributed by atoms with E-state index in [4.69, 9.17) is 9.72 Å². The summed E-state index contributed by atoms with van der Waals surface area (Å²) in [5.41, 5.74) is 1.25. The van der Waals surface area contributed by atoms with Crippen molar-refractivity contribution in [2.24, 2.45) is 0 Å². The van der Waals surface area contributed by atoms with Crippen LogP contribution in [0.1, 0.15) is 64.0 Å². The van der Waals surface area contributed by atoms with Crippen LogP contribution in [0.25, 0.3) is 4.96 Å². The molecule has 5 nitrogen and oxygen atoms in total. The van der Waals surface area contributed by atoms with Crippen molar-refractivity contribution in [3.05, 3.63) is 11.9 Å². The second-order valence-corrected chi connectivity index (χ2v) is 8.16. The fourth-order valence-corrected chi connectivity index (χ4v) is 4.42. The van der Waals surface area contributed by atoms with Crippen molar-refractivity contribution in [2.45, 2.75) is 70.0 Å². The van der Waals surface area contributed by atoms with E-state index in [0.717, 1.165) is 29.5 Å². The summed E-state index contributed by atoms with van der Waals surface area (Å²) in [4.78, 5) is 5.76. The SMILES string of the molecule is CC1(C)CCC(CNc2nn3cc(C4CCCC4)nc3s2)O1. The predicted octanol–water partition coefficient (Wildman–Crippen LogP) is 3.82. The monoisotopic (exact) mass is 320 g/mol. The largest absolute Gasteiger partial charge is 0.371 e. The number of anilines is 1. The maximum Gasteiger partial charge on any atom is 0.214 e. The normalized spacial score (nSPS) is 25.3. The molecule has 1 N–H and O–H groups in total. The van der Waals surface area contributed by atoms with E-state index in [1.165, 1.54) is 31.4 Å². The molecule has 1 atom stereocenters. The first-order valence-corrected chi connectivity index (χ1v) is 9.18. The molecule has 0 radical (unpaired) electrons. The number of imidazole rings is 1. The van der Waals surface area contributed by atoms with E-state index in [0.29, 0.717) is 12.0 Å². The lowest BCUT2D eigenvalue weighted by atomic mass is 10.1. The van der Waals surface area contributed by atoms with Gasteiger partial charge in [-0.15, -0.1) is 5.10 Å². The predicted molar refractivity (Wildman–Crippen MR) is 88.7 cm³/mol. The molecule has 1 saturated carbocycles. The first kappa shape index (κ1) is 14.5. The topological polar surface area (TPSA) is 51.5 Å². The van der Waals surface area contributed by atoms with E-state index in [1.54, 1.807) is 11.3 Å². The zero-order valence-corrected chi connectivity index (χ0v) is 14.2. The van der Waals surface area contributed by atoms with Crippen LogP contribution in [0.15, 0.2) is 6.20 Å². The minimum atomic E-state index is 0.0278. The molecule has 1 aliphatic heterocycles. The summed E-state index contributed by atoms with van der Waals surface area (Å²) in [6.45, 7) is 5.15. The standard InChI is InChI=1S/C16H24N4OS/c1-16(2)8-7-12(21-16)9-17-14-19-20-10-13(18-15(20)22-14)11-5-3-4-6-11/h10-12H,3-9H2,1-2H3,(H,17,19). The fourth-order valence-electron chi connectivity index (χ4n) is 3.63. The van der Waals surface area contributed by atoms with E-state index in [-0.39, 0.29) is 5.60 Å². The van der Waals surface area contributed by atoms with Crippen LogP contribution in [0.3, 0.4) is 0 Å². The van der Waals surface area contributed by atoms with Crippen LogP contribution < -0.4 is 5.32 Å². The molecule has 120 valence electrons. The molecular formula is C16H24N4OS. The van der Waals surface area contributed by atoms with Gasteiger partial charge in [0.1, 0.15) is 0 Å². The molecule has 6 heteroatoms. The number of hydrogen-bond acceptors (Lipinski definition) is 5. The average Bonchev–Trinajstić information content (AvgIpc) is 3.17. The fraction of sp³-hybridized carbons (Fsp3) is 0.750. The number of aromatic nitrogens is 3. The summed E-state index contributed by atoms with van der Waals surface area (Å²) in [5, 5.41) is 8.96. The van der Waals surface area contributed by atoms with Crippen molar-refractivity contribution in [1.29, 1.82) is 0 Å². The Morgan fingerprint density at radius 2 is 2.18 bits per heavy atom. The highest BCUT2D eigenvalue weighted by molar-refractivity contribution is 7.20. The van der Waals surface area contributed by atoms with Crippen LogP contribution in [-0.2, 0) is 4.74 Å². The van der Waals surface area contributed by atoms with Crippen molar-refractivity contribution in [1.82, 2.24) is 14.6 Å². The van der Waals surface area contributed by atoms with Crippen molar-refractivity contribution in [3.8, 4) is 0 Å². The molecule has 2 aliphatic rings. The smallest absolute Gasteiger partial charge is 0.214 e. The third-order valence-electron chi connectivity index (χ3n) is 4.87. The molecule has 2 aromatic heterocycles. The molecule has 1 saturated heterocycles. The van der Waals surface area contributed by atoms with E-state index in [2.05, 4.69) is 30.5 Å². The summed E-state index contributed by atoms with van der Waals surface area (Å²) in [5.74, 6) is 0.652. The third kappa shape index (κ3) is 2.86. The molecular weight excluding hydrogens is 296 g/mol. The van der Waals surface area contributed by atoms with Gasteiger partial charge in [0, 0.05) is 12.5 Å². The van der Waals surface area contributed by atoms with Crippen LogP contribution in [0.2, 0.25) is 0 Å². The minimum absolute atomic E-state index is 0.0278. The van der Waals surface area contributed by atoms with Crippen LogP contribution in [0.5, 0.6) is 0 Å². The quantitative estimate of drug-likeness (QED) is 0.930. The molecule has 3 heterocycles. The van der Waals surface area contributed by atoms with Crippen molar-refractivity contribution >= 4 is 21.4 Å². The van der Waals surface area contributed by atoms with Gasteiger partial charge < -0.3 is 10.1 Å². The highest BCUT2D eigenvalue weighted by atomic mass is 32.1. The van der Waals surface area contributed by atoms with E-state index >= 15 is 0 Å². The zero-order chi connectivity index (χ0) is 15.2. The lowest BCUT2D eigenvalue weighted by Gasteiger charge is -2.19. The first-order valence-electron chi connectivity index (χ1n) is 8.37. The number of nitrogens with one attached hydrogen (secondary N) is 1. The van der Waals surface area contributed by atoms with Crippen LogP contribution in [0, 0.1) is 0 Å². The summed E-state index contributed by atoms with van der Waals surface area (Å²) < 4.78 is 7.94. The molecule has 2 aromatic rings. The summed E-state index contributed by atoms with van der Waals surface area (Å²) in [6, 6.07) is 0. The van der Waals surface area contributed by atoms with E-state index in [9.17, 15) is 0 Å². The second kappa shape index (κ2) is 5.49. The van der Waals surface area contributed by atoms with Gasteiger partial charge in [-0.3, -0.25) is 0 Å². The molecule has 4 rings (SSSR count).